The Labute approximate surface area is 210 Å². The molecule has 1 heterocycles. The van der Waals surface area contributed by atoms with Crippen molar-refractivity contribution in [3.05, 3.63) is 76.3 Å². The first kappa shape index (κ1) is 23.6. The van der Waals surface area contributed by atoms with Crippen LogP contribution in [0.4, 0.5) is 5.69 Å². The molecule has 4 aromatic rings. The van der Waals surface area contributed by atoms with Gasteiger partial charge in [0.25, 0.3) is 0 Å². The third-order valence-electron chi connectivity index (χ3n) is 4.76. The minimum absolute atomic E-state index is 0.154. The second-order valence-electron chi connectivity index (χ2n) is 7.11. The molecular weight excluding hydrogens is 497 g/mol. The van der Waals surface area contributed by atoms with Crippen molar-refractivity contribution in [2.45, 2.75) is 18.2 Å². The van der Waals surface area contributed by atoms with Gasteiger partial charge in [0.05, 0.1) is 16.5 Å². The standard InChI is InChI=1S/C24H19Cl2N3O2S2/c1-2-14-3-10-21-20(11-14)27-23(31-21)15-4-9-18(26)19(12-15)28-24(32)29-22(30)13-33-17-7-5-16(25)6-8-17/h3-12H,2,13H2,1H3,(H2,28,29,30,32). The molecule has 0 aliphatic rings. The fourth-order valence-corrected chi connectivity index (χ4v) is 4.28. The molecule has 3 aromatic carbocycles. The maximum atomic E-state index is 12.3. The number of nitrogens with zero attached hydrogens (tertiary/aromatic N) is 1. The largest absolute Gasteiger partial charge is 0.436 e. The number of anilines is 1. The van der Waals surface area contributed by atoms with E-state index < -0.39 is 0 Å². The van der Waals surface area contributed by atoms with Crippen LogP contribution in [0.1, 0.15) is 12.5 Å². The molecule has 0 atom stereocenters. The van der Waals surface area contributed by atoms with Gasteiger partial charge in [-0.15, -0.1) is 11.8 Å². The van der Waals surface area contributed by atoms with E-state index in [0.717, 1.165) is 22.4 Å². The number of benzene rings is 3. The summed E-state index contributed by atoms with van der Waals surface area (Å²) in [5, 5.41) is 6.91. The number of nitrogens with one attached hydrogen (secondary N) is 2. The SMILES string of the molecule is CCc1ccc2oc(-c3ccc(Cl)c(NC(=S)NC(=O)CSc4ccc(Cl)cc4)c3)nc2c1. The van der Waals surface area contributed by atoms with Gasteiger partial charge >= 0.3 is 0 Å². The zero-order valence-electron chi connectivity index (χ0n) is 17.5. The van der Waals surface area contributed by atoms with Gasteiger partial charge in [0.2, 0.25) is 11.8 Å². The molecule has 2 N–H and O–H groups in total. The average Bonchev–Trinajstić information content (AvgIpc) is 3.23. The van der Waals surface area contributed by atoms with Crippen LogP contribution in [0, 0.1) is 0 Å². The molecule has 1 amide bonds. The zero-order valence-corrected chi connectivity index (χ0v) is 20.7. The second kappa shape index (κ2) is 10.6. The molecule has 0 aliphatic heterocycles. The number of aryl methyl sites for hydroxylation is 1. The van der Waals surface area contributed by atoms with Crippen LogP contribution in [-0.4, -0.2) is 21.8 Å². The maximum absolute atomic E-state index is 12.3. The first-order chi connectivity index (χ1) is 15.9. The summed E-state index contributed by atoms with van der Waals surface area (Å²) in [7, 11) is 0. The second-order valence-corrected chi connectivity index (χ2v) is 9.41. The maximum Gasteiger partial charge on any atom is 0.236 e. The number of hydrogen-bond acceptors (Lipinski definition) is 5. The molecule has 0 saturated heterocycles. The van der Waals surface area contributed by atoms with E-state index in [1.165, 1.54) is 17.3 Å². The highest BCUT2D eigenvalue weighted by atomic mass is 35.5. The van der Waals surface area contributed by atoms with E-state index >= 15 is 0 Å². The number of amides is 1. The molecule has 0 unspecified atom stereocenters. The van der Waals surface area contributed by atoms with Crippen LogP contribution >= 0.6 is 47.2 Å². The highest BCUT2D eigenvalue weighted by molar-refractivity contribution is 8.00. The van der Waals surface area contributed by atoms with E-state index in [1.54, 1.807) is 24.3 Å². The summed E-state index contributed by atoms with van der Waals surface area (Å²) < 4.78 is 5.90. The van der Waals surface area contributed by atoms with Gasteiger partial charge < -0.3 is 15.1 Å². The van der Waals surface area contributed by atoms with Crippen molar-refractivity contribution in [1.82, 2.24) is 10.3 Å². The van der Waals surface area contributed by atoms with Crippen LogP contribution in [0.25, 0.3) is 22.6 Å². The summed E-state index contributed by atoms with van der Waals surface area (Å²) in [6.07, 6.45) is 0.925. The van der Waals surface area contributed by atoms with Crippen LogP contribution < -0.4 is 10.6 Å². The number of carbonyl (C=O) groups is 1. The third-order valence-corrected chi connectivity index (χ3v) is 6.56. The number of thiocarbonyl (C=S) groups is 1. The van der Waals surface area contributed by atoms with Crippen molar-refractivity contribution in [1.29, 1.82) is 0 Å². The Morgan fingerprint density at radius 1 is 1.09 bits per heavy atom. The highest BCUT2D eigenvalue weighted by Crippen LogP contribution is 2.31. The molecule has 1 aromatic heterocycles. The summed E-state index contributed by atoms with van der Waals surface area (Å²) in [5.74, 6) is 0.456. The van der Waals surface area contributed by atoms with E-state index in [9.17, 15) is 4.79 Å². The summed E-state index contributed by atoms with van der Waals surface area (Å²) >= 11 is 18.9. The van der Waals surface area contributed by atoms with E-state index in [1.807, 2.05) is 36.4 Å². The van der Waals surface area contributed by atoms with Crippen LogP contribution in [0.15, 0.2) is 70.0 Å². The number of rotatable bonds is 6. The normalized spacial score (nSPS) is 10.9. The fourth-order valence-electron chi connectivity index (χ4n) is 3.07. The van der Waals surface area contributed by atoms with Gasteiger partial charge in [-0.05, 0) is 78.8 Å². The third kappa shape index (κ3) is 6.06. The predicted octanol–water partition coefficient (Wildman–Crippen LogP) is 6.97. The number of halogens is 2. The van der Waals surface area contributed by atoms with Gasteiger partial charge in [0.15, 0.2) is 10.7 Å². The van der Waals surface area contributed by atoms with E-state index in [2.05, 4.69) is 22.5 Å². The van der Waals surface area contributed by atoms with E-state index in [4.69, 9.17) is 39.8 Å². The molecule has 0 bridgehead atoms. The first-order valence-electron chi connectivity index (χ1n) is 10.1. The molecule has 5 nitrogen and oxygen atoms in total. The minimum atomic E-state index is -0.231. The molecule has 168 valence electrons. The van der Waals surface area contributed by atoms with Gasteiger partial charge in [0, 0.05) is 15.5 Å². The molecule has 0 fully saturated rings. The number of carbonyl (C=O) groups excluding carboxylic acids is 1. The van der Waals surface area contributed by atoms with E-state index in [0.29, 0.717) is 27.2 Å². The van der Waals surface area contributed by atoms with Crippen LogP contribution in [0.2, 0.25) is 10.0 Å². The number of aromatic nitrogens is 1. The van der Waals surface area contributed by atoms with Gasteiger partial charge in [-0.25, -0.2) is 4.98 Å². The molecule has 0 radical (unpaired) electrons. The summed E-state index contributed by atoms with van der Waals surface area (Å²) in [4.78, 5) is 17.8. The quantitative estimate of drug-likeness (QED) is 0.213. The average molecular weight is 516 g/mol. The fraction of sp³-hybridized carbons (Fsp3) is 0.125. The summed E-state index contributed by atoms with van der Waals surface area (Å²) in [6, 6.07) is 18.6. The Bertz CT molecular complexity index is 1320. The highest BCUT2D eigenvalue weighted by Gasteiger charge is 2.13. The predicted molar refractivity (Wildman–Crippen MR) is 140 cm³/mol. The Hall–Kier alpha value is -2.58. The summed E-state index contributed by atoms with van der Waals surface area (Å²) in [6.45, 7) is 2.09. The lowest BCUT2D eigenvalue weighted by molar-refractivity contribution is -0.117. The van der Waals surface area contributed by atoms with Gasteiger partial charge in [-0.2, -0.15) is 0 Å². The lowest BCUT2D eigenvalue weighted by atomic mass is 10.1. The Kier molecular flexibility index (Phi) is 7.55. The molecule has 4 rings (SSSR count). The van der Waals surface area contributed by atoms with Crippen molar-refractivity contribution in [2.75, 3.05) is 11.1 Å². The molecule has 33 heavy (non-hydrogen) atoms. The summed E-state index contributed by atoms with van der Waals surface area (Å²) in [5.41, 5.74) is 3.99. The monoisotopic (exact) mass is 515 g/mol. The number of thioether (sulfide) groups is 1. The van der Waals surface area contributed by atoms with E-state index in [-0.39, 0.29) is 16.8 Å². The molecule has 0 spiro atoms. The van der Waals surface area contributed by atoms with Gasteiger partial charge in [-0.1, -0.05) is 36.2 Å². The molecule has 0 saturated carbocycles. The van der Waals surface area contributed by atoms with Crippen molar-refractivity contribution >= 4 is 75.0 Å². The van der Waals surface area contributed by atoms with Crippen LogP contribution in [-0.2, 0) is 11.2 Å². The van der Waals surface area contributed by atoms with Crippen molar-refractivity contribution in [2.24, 2.45) is 0 Å². The number of hydrogen-bond donors (Lipinski definition) is 2. The molecule has 0 aliphatic carbocycles. The van der Waals surface area contributed by atoms with Crippen molar-refractivity contribution in [3.63, 3.8) is 0 Å². The molecule has 9 heteroatoms. The lowest BCUT2D eigenvalue weighted by Crippen LogP contribution is -2.35. The van der Waals surface area contributed by atoms with Crippen molar-refractivity contribution < 1.29 is 9.21 Å². The topological polar surface area (TPSA) is 67.2 Å². The lowest BCUT2D eigenvalue weighted by Gasteiger charge is -2.11. The van der Waals surface area contributed by atoms with Crippen LogP contribution in [0.5, 0.6) is 0 Å². The van der Waals surface area contributed by atoms with Gasteiger partial charge in [-0.3, -0.25) is 4.79 Å². The molecular formula is C24H19Cl2N3O2S2. The van der Waals surface area contributed by atoms with Crippen molar-refractivity contribution in [3.8, 4) is 11.5 Å². The Balaban J connectivity index is 1.41. The Morgan fingerprint density at radius 2 is 1.88 bits per heavy atom. The zero-order chi connectivity index (χ0) is 23.4. The van der Waals surface area contributed by atoms with Gasteiger partial charge in [0.1, 0.15) is 5.52 Å². The van der Waals surface area contributed by atoms with Crippen LogP contribution in [0.3, 0.4) is 0 Å². The number of fused-ring (bicyclic) bond motifs is 1. The number of oxazole rings is 1. The minimum Gasteiger partial charge on any atom is -0.436 e. The first-order valence-corrected chi connectivity index (χ1v) is 12.2. The smallest absolute Gasteiger partial charge is 0.236 e. The Morgan fingerprint density at radius 3 is 2.64 bits per heavy atom.